The van der Waals surface area contributed by atoms with Gasteiger partial charge in [0.05, 0.1) is 51.1 Å². The molecular formula is C40H46N8. The minimum atomic E-state index is 0.855. The van der Waals surface area contributed by atoms with E-state index in [0.717, 1.165) is 94.1 Å². The van der Waals surface area contributed by atoms with E-state index in [1.807, 2.05) is 31.8 Å². The van der Waals surface area contributed by atoms with Gasteiger partial charge in [-0.2, -0.15) is 0 Å². The van der Waals surface area contributed by atoms with Crippen LogP contribution in [-0.4, -0.2) is 43.6 Å². The van der Waals surface area contributed by atoms with Gasteiger partial charge in [-0.15, -0.1) is 0 Å². The molecule has 8 bridgehead atoms. The SMILES string of the molecule is CCCCCCC1=C2C=CC(=N2)/C(=C2\NC=CN2C)c2ccc([nH]2)C(CCCCCC)=C2C=CC(=N2)C(c2nccn2C)=C2C=CC1=N2. The first kappa shape index (κ1) is 31.6. The zero-order valence-corrected chi connectivity index (χ0v) is 28.7. The minimum absolute atomic E-state index is 0.855. The Labute approximate surface area is 284 Å². The molecule has 0 saturated carbocycles. The van der Waals surface area contributed by atoms with Gasteiger partial charge in [-0.25, -0.2) is 20.0 Å². The van der Waals surface area contributed by atoms with E-state index in [2.05, 4.69) is 89.3 Å². The van der Waals surface area contributed by atoms with Gasteiger partial charge in [0.15, 0.2) is 0 Å². The van der Waals surface area contributed by atoms with Crippen molar-refractivity contribution in [3.05, 3.63) is 119 Å². The summed E-state index contributed by atoms with van der Waals surface area (Å²) in [5.41, 5.74) is 12.1. The number of hydrogen-bond acceptors (Lipinski definition) is 6. The molecule has 0 fully saturated rings. The number of aliphatic imine (C=N–C) groups is 3. The van der Waals surface area contributed by atoms with Gasteiger partial charge in [-0.3, -0.25) is 0 Å². The lowest BCUT2D eigenvalue weighted by atomic mass is 10.00. The second-order valence-corrected chi connectivity index (χ2v) is 13.0. The lowest BCUT2D eigenvalue weighted by molar-refractivity contribution is 0.574. The Morgan fingerprint density at radius 2 is 1.27 bits per heavy atom. The molecule has 8 nitrogen and oxygen atoms in total. The highest BCUT2D eigenvalue weighted by atomic mass is 15.3. The molecule has 0 atom stereocenters. The number of aryl methyl sites for hydroxylation is 1. The number of H-pyrrole nitrogens is 1. The van der Waals surface area contributed by atoms with Crippen LogP contribution in [0.4, 0.5) is 0 Å². The fourth-order valence-electron chi connectivity index (χ4n) is 6.98. The average Bonchev–Trinajstić information content (AvgIpc) is 3.94. The molecule has 2 N–H and O–H groups in total. The van der Waals surface area contributed by atoms with E-state index >= 15 is 0 Å². The van der Waals surface area contributed by atoms with Crippen molar-refractivity contribution in [2.75, 3.05) is 7.05 Å². The van der Waals surface area contributed by atoms with E-state index in [1.165, 1.54) is 49.7 Å². The van der Waals surface area contributed by atoms with Crippen LogP contribution in [0.2, 0.25) is 0 Å². The summed E-state index contributed by atoms with van der Waals surface area (Å²) in [4.78, 5) is 26.7. The van der Waals surface area contributed by atoms with E-state index in [1.54, 1.807) is 0 Å². The highest BCUT2D eigenvalue weighted by molar-refractivity contribution is 6.33. The molecule has 0 unspecified atom stereocenters. The Balaban J connectivity index is 1.45. The zero-order chi connectivity index (χ0) is 33.0. The van der Waals surface area contributed by atoms with E-state index in [-0.39, 0.29) is 0 Å². The fraction of sp³-hybridized carbons (Fsp3) is 0.350. The van der Waals surface area contributed by atoms with Crippen LogP contribution in [0.5, 0.6) is 0 Å². The van der Waals surface area contributed by atoms with Gasteiger partial charge in [0, 0.05) is 55.7 Å². The molecule has 0 radical (unpaired) electrons. The molecule has 2 aromatic heterocycles. The molecule has 246 valence electrons. The number of hydrogen-bond donors (Lipinski definition) is 2. The van der Waals surface area contributed by atoms with Crippen LogP contribution in [0.15, 0.2) is 117 Å². The Morgan fingerprint density at radius 3 is 1.94 bits per heavy atom. The average molecular weight is 639 g/mol. The topological polar surface area (TPSA) is 86.0 Å². The third kappa shape index (κ3) is 6.19. The molecule has 0 aliphatic carbocycles. The molecule has 8 heteroatoms. The molecule has 5 aliphatic heterocycles. The fourth-order valence-corrected chi connectivity index (χ4v) is 6.98. The van der Waals surface area contributed by atoms with Gasteiger partial charge in [-0.1, -0.05) is 52.4 Å². The number of aromatic amines is 1. The number of fused-ring (bicyclic) bond motifs is 5. The lowest BCUT2D eigenvalue weighted by Crippen LogP contribution is -2.19. The molecular weight excluding hydrogens is 592 g/mol. The van der Waals surface area contributed by atoms with Gasteiger partial charge < -0.3 is 19.8 Å². The Morgan fingerprint density at radius 1 is 0.646 bits per heavy atom. The normalized spacial score (nSPS) is 19.8. The molecule has 0 spiro atoms. The van der Waals surface area contributed by atoms with E-state index in [4.69, 9.17) is 20.0 Å². The van der Waals surface area contributed by atoms with Crippen molar-refractivity contribution in [3.63, 3.8) is 0 Å². The van der Waals surface area contributed by atoms with Crippen LogP contribution in [0.3, 0.4) is 0 Å². The molecule has 0 saturated heterocycles. The summed E-state index contributed by atoms with van der Waals surface area (Å²) in [5.74, 6) is 1.85. The largest absolute Gasteiger partial charge is 0.355 e. The highest BCUT2D eigenvalue weighted by Gasteiger charge is 2.28. The van der Waals surface area contributed by atoms with Gasteiger partial charge in [0.2, 0.25) is 0 Å². The summed E-state index contributed by atoms with van der Waals surface area (Å²) in [6.07, 6.45) is 32.1. The van der Waals surface area contributed by atoms with E-state index in [0.29, 0.717) is 0 Å². The van der Waals surface area contributed by atoms with Crippen molar-refractivity contribution in [1.82, 2.24) is 24.8 Å². The standard InChI is InChI=1S/C40H46N8/c1-5-7-9-11-13-27-29-15-19-33(43-29)37(39-41-23-25-47(39)3)35-21-17-31(45-35)28(14-12-10-8-6-2)32-18-22-36(46-32)38(34-20-16-30(27)44-34)40-42-24-26-48(40)4/h15-26,41,43H,5-14H2,1-4H3/b30-27?,31-28?,38-36?,39-37+. The third-order valence-corrected chi connectivity index (χ3v) is 9.61. The van der Waals surface area contributed by atoms with Crippen molar-refractivity contribution in [2.45, 2.75) is 78.1 Å². The van der Waals surface area contributed by atoms with Crippen molar-refractivity contribution in [2.24, 2.45) is 22.0 Å². The maximum atomic E-state index is 5.34. The van der Waals surface area contributed by atoms with Gasteiger partial charge in [0.25, 0.3) is 0 Å². The quantitative estimate of drug-likeness (QED) is 0.241. The summed E-state index contributed by atoms with van der Waals surface area (Å²) in [5, 5.41) is 3.49. The van der Waals surface area contributed by atoms with Crippen LogP contribution in [0, 0.1) is 0 Å². The Bertz CT molecular complexity index is 1940. The number of nitrogens with zero attached hydrogens (tertiary/aromatic N) is 6. The summed E-state index contributed by atoms with van der Waals surface area (Å²) in [6, 6.07) is 4.41. The maximum Gasteiger partial charge on any atom is 0.144 e. The number of nitrogens with one attached hydrogen (secondary N) is 2. The lowest BCUT2D eigenvalue weighted by Gasteiger charge is -2.17. The number of rotatable bonds is 11. The monoisotopic (exact) mass is 638 g/mol. The molecule has 5 aliphatic rings. The molecule has 0 aromatic carbocycles. The summed E-state index contributed by atoms with van der Waals surface area (Å²) < 4.78 is 2.06. The Hall–Kier alpha value is -4.98. The summed E-state index contributed by atoms with van der Waals surface area (Å²) in [6.45, 7) is 4.51. The zero-order valence-electron chi connectivity index (χ0n) is 28.7. The van der Waals surface area contributed by atoms with E-state index < -0.39 is 0 Å². The number of aromatic nitrogens is 3. The van der Waals surface area contributed by atoms with Crippen LogP contribution >= 0.6 is 0 Å². The second kappa shape index (κ2) is 14.0. The predicted octanol–water partition coefficient (Wildman–Crippen LogP) is 8.79. The molecule has 48 heavy (non-hydrogen) atoms. The van der Waals surface area contributed by atoms with Gasteiger partial charge in [-0.05, 0) is 74.3 Å². The van der Waals surface area contributed by atoms with Gasteiger partial charge >= 0.3 is 0 Å². The van der Waals surface area contributed by atoms with Crippen molar-refractivity contribution >= 4 is 33.9 Å². The molecule has 2 aromatic rings. The van der Waals surface area contributed by atoms with Crippen LogP contribution < -0.4 is 5.32 Å². The maximum absolute atomic E-state index is 5.34. The Kier molecular flexibility index (Phi) is 9.23. The molecule has 7 heterocycles. The molecule has 0 amide bonds. The summed E-state index contributed by atoms with van der Waals surface area (Å²) >= 11 is 0. The first-order chi connectivity index (χ1) is 23.6. The van der Waals surface area contributed by atoms with E-state index in [9.17, 15) is 0 Å². The predicted molar refractivity (Wildman–Crippen MR) is 199 cm³/mol. The van der Waals surface area contributed by atoms with Crippen LogP contribution in [0.25, 0.3) is 16.7 Å². The highest BCUT2D eigenvalue weighted by Crippen LogP contribution is 2.36. The van der Waals surface area contributed by atoms with Crippen molar-refractivity contribution in [1.29, 1.82) is 0 Å². The first-order valence-electron chi connectivity index (χ1n) is 17.7. The smallest absolute Gasteiger partial charge is 0.144 e. The van der Waals surface area contributed by atoms with Crippen molar-refractivity contribution < 1.29 is 0 Å². The van der Waals surface area contributed by atoms with Crippen molar-refractivity contribution in [3.8, 4) is 0 Å². The third-order valence-electron chi connectivity index (χ3n) is 9.61. The van der Waals surface area contributed by atoms with Gasteiger partial charge in [0.1, 0.15) is 11.6 Å². The number of allylic oxidation sites excluding steroid dienone is 10. The molecule has 7 rings (SSSR count). The van der Waals surface area contributed by atoms with Crippen LogP contribution in [-0.2, 0) is 7.05 Å². The minimum Gasteiger partial charge on any atom is -0.355 e. The summed E-state index contributed by atoms with van der Waals surface area (Å²) in [7, 11) is 4.11. The number of unbranched alkanes of at least 4 members (excludes halogenated alkanes) is 6. The second-order valence-electron chi connectivity index (χ2n) is 13.0. The van der Waals surface area contributed by atoms with Crippen LogP contribution in [0.1, 0.15) is 95.3 Å². The first-order valence-corrected chi connectivity index (χ1v) is 17.7. The number of imidazole rings is 1.